The van der Waals surface area contributed by atoms with Crippen LogP contribution in [-0.4, -0.2) is 35.7 Å². The summed E-state index contributed by atoms with van der Waals surface area (Å²) in [4.78, 5) is 13.4. The maximum absolute atomic E-state index is 11.2. The van der Waals surface area contributed by atoms with Crippen molar-refractivity contribution in [1.29, 1.82) is 0 Å². The summed E-state index contributed by atoms with van der Waals surface area (Å²) in [5, 5.41) is 9.18. The van der Waals surface area contributed by atoms with Crippen LogP contribution in [-0.2, 0) is 17.8 Å². The molecule has 2 aromatic rings. The normalized spacial score (nSPS) is 18.0. The highest BCUT2D eigenvalue weighted by Crippen LogP contribution is 2.20. The third-order valence-corrected chi connectivity index (χ3v) is 4.69. The van der Waals surface area contributed by atoms with Crippen LogP contribution in [0, 0.1) is 5.92 Å². The summed E-state index contributed by atoms with van der Waals surface area (Å²) in [7, 11) is 0. The van der Waals surface area contributed by atoms with Gasteiger partial charge in [-0.25, -0.2) is 0 Å². The second-order valence-electron chi connectivity index (χ2n) is 6.64. The van der Waals surface area contributed by atoms with Gasteiger partial charge in [-0.3, -0.25) is 9.69 Å². The Balaban J connectivity index is 1.46. The summed E-state index contributed by atoms with van der Waals surface area (Å²) in [6.07, 6.45) is 2.64. The van der Waals surface area contributed by atoms with E-state index in [1.807, 2.05) is 30.3 Å². The number of carboxylic acids is 1. The van der Waals surface area contributed by atoms with Crippen molar-refractivity contribution in [3.05, 3.63) is 65.7 Å². The second kappa shape index (κ2) is 8.67. The number of carbonyl (C=O) groups is 1. The topological polar surface area (TPSA) is 49.8 Å². The van der Waals surface area contributed by atoms with Gasteiger partial charge in [0.2, 0.25) is 0 Å². The average molecular weight is 339 g/mol. The van der Waals surface area contributed by atoms with Crippen molar-refractivity contribution >= 4 is 5.97 Å². The Labute approximate surface area is 149 Å². The highest BCUT2D eigenvalue weighted by Gasteiger charge is 2.25. The van der Waals surface area contributed by atoms with Crippen LogP contribution in [0.25, 0.3) is 0 Å². The molecule has 1 atom stereocenters. The van der Waals surface area contributed by atoms with Gasteiger partial charge in [0.15, 0.2) is 0 Å². The van der Waals surface area contributed by atoms with E-state index in [4.69, 9.17) is 4.74 Å². The minimum atomic E-state index is -0.674. The van der Waals surface area contributed by atoms with Crippen LogP contribution in [0.3, 0.4) is 0 Å². The van der Waals surface area contributed by atoms with E-state index in [-0.39, 0.29) is 5.92 Å². The fourth-order valence-electron chi connectivity index (χ4n) is 3.28. The van der Waals surface area contributed by atoms with Gasteiger partial charge in [0.05, 0.1) is 12.5 Å². The summed E-state index contributed by atoms with van der Waals surface area (Å²) in [5.74, 6) is -0.0251. The molecule has 1 N–H and O–H groups in total. The van der Waals surface area contributed by atoms with Gasteiger partial charge < -0.3 is 9.84 Å². The summed E-state index contributed by atoms with van der Waals surface area (Å²) in [6, 6.07) is 18.5. The van der Waals surface area contributed by atoms with Crippen molar-refractivity contribution in [2.24, 2.45) is 5.92 Å². The molecule has 1 aliphatic heterocycles. The Morgan fingerprint density at radius 2 is 1.84 bits per heavy atom. The predicted molar refractivity (Wildman–Crippen MR) is 97.7 cm³/mol. The molecule has 4 heteroatoms. The van der Waals surface area contributed by atoms with Crippen LogP contribution in [0.15, 0.2) is 54.6 Å². The number of likely N-dealkylation sites (tertiary alicyclic amines) is 1. The Morgan fingerprint density at radius 3 is 2.56 bits per heavy atom. The van der Waals surface area contributed by atoms with Crippen LogP contribution in [0.1, 0.15) is 24.0 Å². The van der Waals surface area contributed by atoms with Crippen LogP contribution in [0.2, 0.25) is 0 Å². The van der Waals surface area contributed by atoms with Gasteiger partial charge in [-0.05, 0) is 42.6 Å². The molecule has 1 unspecified atom stereocenters. The molecule has 1 saturated heterocycles. The highest BCUT2D eigenvalue weighted by molar-refractivity contribution is 5.70. The molecule has 0 spiro atoms. The van der Waals surface area contributed by atoms with Crippen LogP contribution < -0.4 is 4.74 Å². The van der Waals surface area contributed by atoms with Crippen molar-refractivity contribution in [3.8, 4) is 5.75 Å². The van der Waals surface area contributed by atoms with E-state index in [2.05, 4.69) is 29.2 Å². The van der Waals surface area contributed by atoms with Gasteiger partial charge in [0, 0.05) is 19.5 Å². The van der Waals surface area contributed by atoms with E-state index in [9.17, 15) is 9.90 Å². The summed E-state index contributed by atoms with van der Waals surface area (Å²) in [5.41, 5.74) is 2.47. The van der Waals surface area contributed by atoms with E-state index in [0.29, 0.717) is 13.2 Å². The number of rotatable bonds is 7. The quantitative estimate of drug-likeness (QED) is 0.837. The number of carboxylic acid groups (broad SMARTS) is 1. The second-order valence-corrected chi connectivity index (χ2v) is 6.64. The lowest BCUT2D eigenvalue weighted by molar-refractivity contribution is -0.143. The van der Waals surface area contributed by atoms with Crippen LogP contribution in [0.4, 0.5) is 0 Å². The monoisotopic (exact) mass is 339 g/mol. The lowest BCUT2D eigenvalue weighted by Crippen LogP contribution is -2.38. The zero-order valence-electron chi connectivity index (χ0n) is 14.4. The standard InChI is InChI=1S/C21H25NO3/c23-21(24)19-7-4-13-22(16-19)15-18-8-10-20(11-9-18)25-14-12-17-5-2-1-3-6-17/h1-3,5-6,8-11,19H,4,7,12-16H2,(H,23,24). The minimum absolute atomic E-state index is 0.227. The molecule has 4 nitrogen and oxygen atoms in total. The van der Waals surface area contributed by atoms with E-state index in [0.717, 1.165) is 38.1 Å². The predicted octanol–water partition coefficient (Wildman–Crippen LogP) is 3.60. The van der Waals surface area contributed by atoms with Crippen molar-refractivity contribution in [2.45, 2.75) is 25.8 Å². The Bertz CT molecular complexity index is 669. The number of benzene rings is 2. The molecule has 0 saturated carbocycles. The average Bonchev–Trinajstić information content (AvgIpc) is 2.64. The van der Waals surface area contributed by atoms with Crippen LogP contribution >= 0.6 is 0 Å². The number of nitrogens with zero attached hydrogens (tertiary/aromatic N) is 1. The van der Waals surface area contributed by atoms with Crippen molar-refractivity contribution in [2.75, 3.05) is 19.7 Å². The Morgan fingerprint density at radius 1 is 1.08 bits per heavy atom. The highest BCUT2D eigenvalue weighted by atomic mass is 16.5. The lowest BCUT2D eigenvalue weighted by Gasteiger charge is -2.30. The first-order valence-electron chi connectivity index (χ1n) is 8.91. The van der Waals surface area contributed by atoms with Gasteiger partial charge >= 0.3 is 5.97 Å². The minimum Gasteiger partial charge on any atom is -0.493 e. The first-order valence-corrected chi connectivity index (χ1v) is 8.91. The zero-order valence-corrected chi connectivity index (χ0v) is 14.4. The van der Waals surface area contributed by atoms with Crippen LogP contribution in [0.5, 0.6) is 5.75 Å². The maximum atomic E-state index is 11.2. The molecule has 1 heterocycles. The first-order chi connectivity index (χ1) is 12.2. The van der Waals surface area contributed by atoms with Gasteiger partial charge in [0.25, 0.3) is 0 Å². The molecule has 0 aliphatic carbocycles. The third kappa shape index (κ3) is 5.33. The lowest BCUT2D eigenvalue weighted by atomic mass is 9.98. The number of ether oxygens (including phenoxy) is 1. The molecule has 3 rings (SSSR count). The SMILES string of the molecule is O=C(O)C1CCCN(Cc2ccc(OCCc3ccccc3)cc2)C1. The van der Waals surface area contributed by atoms with Crippen molar-refractivity contribution in [3.63, 3.8) is 0 Å². The Hall–Kier alpha value is -2.33. The smallest absolute Gasteiger partial charge is 0.307 e. The molecule has 2 aromatic carbocycles. The van der Waals surface area contributed by atoms with E-state index >= 15 is 0 Å². The largest absolute Gasteiger partial charge is 0.493 e. The zero-order chi connectivity index (χ0) is 17.5. The van der Waals surface area contributed by atoms with E-state index in [1.165, 1.54) is 11.1 Å². The van der Waals surface area contributed by atoms with E-state index in [1.54, 1.807) is 0 Å². The summed E-state index contributed by atoms with van der Waals surface area (Å²) >= 11 is 0. The summed E-state index contributed by atoms with van der Waals surface area (Å²) in [6.45, 7) is 3.08. The number of aliphatic carboxylic acids is 1. The molecule has 1 aliphatic rings. The summed E-state index contributed by atoms with van der Waals surface area (Å²) < 4.78 is 5.81. The molecule has 25 heavy (non-hydrogen) atoms. The fraction of sp³-hybridized carbons (Fsp3) is 0.381. The van der Waals surface area contributed by atoms with Gasteiger partial charge in [0.1, 0.15) is 5.75 Å². The van der Waals surface area contributed by atoms with Gasteiger partial charge in [-0.2, -0.15) is 0 Å². The van der Waals surface area contributed by atoms with Gasteiger partial charge in [-0.1, -0.05) is 42.5 Å². The maximum Gasteiger partial charge on any atom is 0.307 e. The van der Waals surface area contributed by atoms with Crippen molar-refractivity contribution in [1.82, 2.24) is 4.90 Å². The molecule has 1 fully saturated rings. The van der Waals surface area contributed by atoms with Crippen molar-refractivity contribution < 1.29 is 14.6 Å². The molecular formula is C21H25NO3. The molecule has 0 amide bonds. The molecule has 0 bridgehead atoms. The molecule has 132 valence electrons. The third-order valence-electron chi connectivity index (χ3n) is 4.69. The number of hydrogen-bond acceptors (Lipinski definition) is 3. The number of piperidine rings is 1. The molecule has 0 aromatic heterocycles. The first kappa shape index (κ1) is 17.5. The molecule has 0 radical (unpaired) electrons. The number of hydrogen-bond donors (Lipinski definition) is 1. The van der Waals surface area contributed by atoms with E-state index < -0.39 is 5.97 Å². The molecular weight excluding hydrogens is 314 g/mol. The van der Waals surface area contributed by atoms with Gasteiger partial charge in [-0.15, -0.1) is 0 Å². The fourth-order valence-corrected chi connectivity index (χ4v) is 3.28. The Kier molecular flexibility index (Phi) is 6.07.